The van der Waals surface area contributed by atoms with E-state index in [9.17, 15) is 13.2 Å². The fraction of sp³-hybridized carbons (Fsp3) is 0.136. The molecular formula is C22H22N2O4S2. The third kappa shape index (κ3) is 5.14. The zero-order chi connectivity index (χ0) is 21.6. The second-order valence-electron chi connectivity index (χ2n) is 6.30. The number of ether oxygens (including phenoxy) is 1. The smallest absolute Gasteiger partial charge is 0.264 e. The fourth-order valence-electron chi connectivity index (χ4n) is 2.82. The minimum Gasteiger partial charge on any atom is -0.497 e. The largest absolute Gasteiger partial charge is 0.497 e. The van der Waals surface area contributed by atoms with Crippen LogP contribution in [0.4, 0.5) is 11.4 Å². The van der Waals surface area contributed by atoms with Crippen molar-refractivity contribution in [3.05, 3.63) is 78.9 Å². The van der Waals surface area contributed by atoms with Gasteiger partial charge in [-0.3, -0.25) is 9.10 Å². The van der Waals surface area contributed by atoms with Crippen molar-refractivity contribution >= 4 is 39.1 Å². The molecule has 0 aliphatic rings. The van der Waals surface area contributed by atoms with E-state index in [1.165, 1.54) is 19.2 Å². The highest BCUT2D eigenvalue weighted by Gasteiger charge is 2.27. The van der Waals surface area contributed by atoms with Crippen molar-refractivity contribution in [1.82, 2.24) is 0 Å². The summed E-state index contributed by atoms with van der Waals surface area (Å²) in [6.07, 6.45) is 1.94. The van der Waals surface area contributed by atoms with Gasteiger partial charge in [0.2, 0.25) is 5.91 Å². The predicted molar refractivity (Wildman–Crippen MR) is 121 cm³/mol. The highest BCUT2D eigenvalue weighted by atomic mass is 32.2. The Morgan fingerprint density at radius 2 is 1.70 bits per heavy atom. The van der Waals surface area contributed by atoms with Crippen molar-refractivity contribution in [2.24, 2.45) is 0 Å². The molecule has 0 aromatic heterocycles. The number of nitrogens with one attached hydrogen (secondary N) is 1. The second kappa shape index (κ2) is 9.69. The van der Waals surface area contributed by atoms with Crippen LogP contribution in [-0.4, -0.2) is 34.2 Å². The average Bonchev–Trinajstić information content (AvgIpc) is 2.78. The zero-order valence-electron chi connectivity index (χ0n) is 16.6. The van der Waals surface area contributed by atoms with Gasteiger partial charge in [-0.15, -0.1) is 11.8 Å². The maximum absolute atomic E-state index is 13.3. The molecule has 156 valence electrons. The summed E-state index contributed by atoms with van der Waals surface area (Å²) < 4.78 is 32.8. The molecule has 1 N–H and O–H groups in total. The van der Waals surface area contributed by atoms with E-state index >= 15 is 0 Å². The molecule has 8 heteroatoms. The van der Waals surface area contributed by atoms with Crippen LogP contribution < -0.4 is 14.4 Å². The van der Waals surface area contributed by atoms with Gasteiger partial charge in [0.15, 0.2) is 0 Å². The maximum Gasteiger partial charge on any atom is 0.264 e. The van der Waals surface area contributed by atoms with Crippen LogP contribution >= 0.6 is 11.8 Å². The topological polar surface area (TPSA) is 75.7 Å². The van der Waals surface area contributed by atoms with Crippen molar-refractivity contribution in [3.63, 3.8) is 0 Å². The minimum absolute atomic E-state index is 0.109. The summed E-state index contributed by atoms with van der Waals surface area (Å²) in [6.45, 7) is -0.368. The minimum atomic E-state index is -3.95. The van der Waals surface area contributed by atoms with Crippen LogP contribution in [0.1, 0.15) is 0 Å². The number of benzene rings is 3. The van der Waals surface area contributed by atoms with Gasteiger partial charge >= 0.3 is 0 Å². The molecule has 0 fully saturated rings. The molecule has 0 saturated carbocycles. The summed E-state index contributed by atoms with van der Waals surface area (Å²) in [5.41, 5.74) is 0.978. The predicted octanol–water partition coefficient (Wildman–Crippen LogP) is 4.25. The Labute approximate surface area is 180 Å². The van der Waals surface area contributed by atoms with E-state index in [4.69, 9.17) is 4.74 Å². The zero-order valence-corrected chi connectivity index (χ0v) is 18.2. The van der Waals surface area contributed by atoms with Crippen molar-refractivity contribution in [3.8, 4) is 5.75 Å². The SMILES string of the molecule is COc1ccc(N(CC(=O)Nc2cccc(SC)c2)S(=O)(=O)c2ccccc2)cc1. The molecule has 0 spiro atoms. The van der Waals surface area contributed by atoms with Gasteiger partial charge in [0.25, 0.3) is 10.0 Å². The summed E-state index contributed by atoms with van der Waals surface area (Å²) in [5, 5.41) is 2.78. The summed E-state index contributed by atoms with van der Waals surface area (Å²) in [4.78, 5) is 13.9. The molecule has 3 aromatic carbocycles. The number of hydrogen-bond acceptors (Lipinski definition) is 5. The highest BCUT2D eigenvalue weighted by molar-refractivity contribution is 7.98. The number of amides is 1. The first-order valence-corrected chi connectivity index (χ1v) is 11.8. The molecular weight excluding hydrogens is 420 g/mol. The van der Waals surface area contributed by atoms with Crippen LogP contribution in [0.3, 0.4) is 0 Å². The number of anilines is 2. The summed E-state index contributed by atoms with van der Waals surface area (Å²) in [7, 11) is -2.41. The second-order valence-corrected chi connectivity index (χ2v) is 9.04. The number of methoxy groups -OCH3 is 1. The van der Waals surface area contributed by atoms with Crippen molar-refractivity contribution in [2.75, 3.05) is 29.5 Å². The van der Waals surface area contributed by atoms with Crippen molar-refractivity contribution < 1.29 is 17.9 Å². The number of hydrogen-bond donors (Lipinski definition) is 1. The van der Waals surface area contributed by atoms with Gasteiger partial charge in [-0.25, -0.2) is 8.42 Å². The monoisotopic (exact) mass is 442 g/mol. The van der Waals surface area contributed by atoms with Gasteiger partial charge in [0, 0.05) is 10.6 Å². The van der Waals surface area contributed by atoms with Crippen LogP contribution in [-0.2, 0) is 14.8 Å². The molecule has 0 radical (unpaired) electrons. The van der Waals surface area contributed by atoms with E-state index in [0.717, 1.165) is 9.20 Å². The van der Waals surface area contributed by atoms with E-state index in [1.807, 2.05) is 24.5 Å². The Balaban J connectivity index is 1.91. The van der Waals surface area contributed by atoms with Crippen LogP contribution in [0.15, 0.2) is 88.7 Å². The number of carbonyl (C=O) groups excluding carboxylic acids is 1. The summed E-state index contributed by atoms with van der Waals surface area (Å²) in [5.74, 6) is 0.151. The third-order valence-electron chi connectivity index (χ3n) is 4.33. The van der Waals surface area contributed by atoms with Gasteiger partial charge in [0.05, 0.1) is 17.7 Å². The molecule has 0 heterocycles. The Hall–Kier alpha value is -2.97. The first-order valence-electron chi connectivity index (χ1n) is 9.10. The van der Waals surface area contributed by atoms with Crippen LogP contribution in [0.2, 0.25) is 0 Å². The molecule has 1 amide bonds. The van der Waals surface area contributed by atoms with E-state index in [-0.39, 0.29) is 11.4 Å². The van der Waals surface area contributed by atoms with E-state index in [0.29, 0.717) is 17.1 Å². The highest BCUT2D eigenvalue weighted by Crippen LogP contribution is 2.26. The van der Waals surface area contributed by atoms with Gasteiger partial charge < -0.3 is 10.1 Å². The molecule has 3 aromatic rings. The van der Waals surface area contributed by atoms with Gasteiger partial charge in [-0.1, -0.05) is 24.3 Å². The number of rotatable bonds is 8. The third-order valence-corrected chi connectivity index (χ3v) is 6.85. The molecule has 0 saturated heterocycles. The van der Waals surface area contributed by atoms with Crippen LogP contribution in [0.5, 0.6) is 5.75 Å². The Morgan fingerprint density at radius 1 is 1.00 bits per heavy atom. The Bertz CT molecular complexity index is 1100. The lowest BCUT2D eigenvalue weighted by Gasteiger charge is -2.24. The quantitative estimate of drug-likeness (QED) is 0.528. The van der Waals surface area contributed by atoms with E-state index in [1.54, 1.807) is 60.3 Å². The number of nitrogens with zero attached hydrogens (tertiary/aromatic N) is 1. The molecule has 6 nitrogen and oxygen atoms in total. The van der Waals surface area contributed by atoms with Gasteiger partial charge in [-0.2, -0.15) is 0 Å². The van der Waals surface area contributed by atoms with E-state index in [2.05, 4.69) is 5.32 Å². The van der Waals surface area contributed by atoms with Crippen molar-refractivity contribution in [1.29, 1.82) is 0 Å². The first kappa shape index (κ1) is 21.7. The van der Waals surface area contributed by atoms with Crippen LogP contribution in [0, 0.1) is 0 Å². The molecule has 0 bridgehead atoms. The number of carbonyl (C=O) groups is 1. The molecule has 0 aliphatic heterocycles. The lowest BCUT2D eigenvalue weighted by Crippen LogP contribution is -2.38. The summed E-state index contributed by atoms with van der Waals surface area (Å²) >= 11 is 1.56. The summed E-state index contributed by atoms with van der Waals surface area (Å²) in [6, 6.07) is 22.0. The maximum atomic E-state index is 13.3. The van der Waals surface area contributed by atoms with Gasteiger partial charge in [-0.05, 0) is 60.9 Å². The average molecular weight is 443 g/mol. The Morgan fingerprint density at radius 3 is 2.33 bits per heavy atom. The number of sulfonamides is 1. The number of thioether (sulfide) groups is 1. The first-order chi connectivity index (χ1) is 14.4. The molecule has 0 unspecified atom stereocenters. The molecule has 3 rings (SSSR count). The lowest BCUT2D eigenvalue weighted by molar-refractivity contribution is -0.114. The van der Waals surface area contributed by atoms with Crippen LogP contribution in [0.25, 0.3) is 0 Å². The Kier molecular flexibility index (Phi) is 7.02. The molecule has 0 atom stereocenters. The molecule has 30 heavy (non-hydrogen) atoms. The van der Waals surface area contributed by atoms with Gasteiger partial charge in [0.1, 0.15) is 12.3 Å². The fourth-order valence-corrected chi connectivity index (χ4v) is 4.72. The lowest BCUT2D eigenvalue weighted by atomic mass is 10.3. The van der Waals surface area contributed by atoms with Crippen molar-refractivity contribution in [2.45, 2.75) is 9.79 Å². The normalized spacial score (nSPS) is 11.0. The van der Waals surface area contributed by atoms with E-state index < -0.39 is 15.9 Å². The standard InChI is InChI=1S/C22H22N2O4S2/c1-28-19-13-11-18(12-14-19)24(30(26,27)21-9-4-3-5-10-21)16-22(25)23-17-7-6-8-20(15-17)29-2/h3-15H,16H2,1-2H3,(H,23,25). The molecule has 0 aliphatic carbocycles.